The predicted octanol–water partition coefficient (Wildman–Crippen LogP) is 3.62. The fraction of sp³-hybridized carbons (Fsp3) is 0.588. The van der Waals surface area contributed by atoms with E-state index in [1.165, 1.54) is 6.42 Å². The molecule has 22 heavy (non-hydrogen) atoms. The standard InChI is InChI=1S/C17H26N2O2.ClH/c1-2-3-12-21-16-7-5-4-6-15(16)19-17(20)9-8-14-10-11-18-13-14;/h4-7,14,18H,2-3,8-13H2,1H3,(H,19,20);1H. The van der Waals surface area contributed by atoms with Gasteiger partial charge in [-0.05, 0) is 50.4 Å². The minimum Gasteiger partial charge on any atom is -0.491 e. The van der Waals surface area contributed by atoms with Crippen LogP contribution in [0.15, 0.2) is 24.3 Å². The molecule has 1 amide bonds. The molecule has 2 rings (SSSR count). The summed E-state index contributed by atoms with van der Waals surface area (Å²) in [6.45, 7) is 4.95. The Morgan fingerprint density at radius 3 is 2.95 bits per heavy atom. The SMILES string of the molecule is CCCCOc1ccccc1NC(=O)CCC1CCNC1.Cl. The first kappa shape index (κ1) is 18.8. The van der Waals surface area contributed by atoms with E-state index >= 15 is 0 Å². The number of carbonyl (C=O) groups excluding carboxylic acids is 1. The summed E-state index contributed by atoms with van der Waals surface area (Å²) in [5.41, 5.74) is 0.781. The first-order valence-corrected chi connectivity index (χ1v) is 8.02. The van der Waals surface area contributed by atoms with Gasteiger partial charge in [0, 0.05) is 6.42 Å². The maximum atomic E-state index is 12.1. The number of hydrogen-bond donors (Lipinski definition) is 2. The molecule has 1 aromatic rings. The number of anilines is 1. The zero-order valence-electron chi connectivity index (χ0n) is 13.3. The lowest BCUT2D eigenvalue weighted by Gasteiger charge is -2.13. The Hall–Kier alpha value is -1.26. The van der Waals surface area contributed by atoms with Crippen molar-refractivity contribution >= 4 is 24.0 Å². The molecule has 2 N–H and O–H groups in total. The average Bonchev–Trinajstić information content (AvgIpc) is 3.00. The number of para-hydroxylation sites is 2. The third-order valence-electron chi connectivity index (χ3n) is 3.86. The van der Waals surface area contributed by atoms with Crippen molar-refractivity contribution in [2.24, 2.45) is 5.92 Å². The highest BCUT2D eigenvalue weighted by molar-refractivity contribution is 5.92. The van der Waals surface area contributed by atoms with Crippen LogP contribution in [0.25, 0.3) is 0 Å². The van der Waals surface area contributed by atoms with Crippen molar-refractivity contribution < 1.29 is 9.53 Å². The molecule has 0 bridgehead atoms. The third kappa shape index (κ3) is 6.24. The molecule has 1 fully saturated rings. The number of nitrogens with one attached hydrogen (secondary N) is 2. The van der Waals surface area contributed by atoms with E-state index in [0.717, 1.165) is 43.8 Å². The van der Waals surface area contributed by atoms with Crippen LogP contribution in [0.1, 0.15) is 39.0 Å². The third-order valence-corrected chi connectivity index (χ3v) is 3.86. The number of hydrogen-bond acceptors (Lipinski definition) is 3. The summed E-state index contributed by atoms with van der Waals surface area (Å²) in [7, 11) is 0. The van der Waals surface area contributed by atoms with E-state index in [1.54, 1.807) is 0 Å². The van der Waals surface area contributed by atoms with E-state index in [9.17, 15) is 4.79 Å². The molecule has 1 saturated heterocycles. The van der Waals surface area contributed by atoms with E-state index < -0.39 is 0 Å². The van der Waals surface area contributed by atoms with Crippen LogP contribution in [0.2, 0.25) is 0 Å². The van der Waals surface area contributed by atoms with Gasteiger partial charge in [-0.2, -0.15) is 0 Å². The molecule has 0 aromatic heterocycles. The summed E-state index contributed by atoms with van der Waals surface area (Å²) in [5, 5.41) is 6.31. The van der Waals surface area contributed by atoms with Gasteiger partial charge < -0.3 is 15.4 Å². The first-order chi connectivity index (χ1) is 10.3. The van der Waals surface area contributed by atoms with Crippen molar-refractivity contribution in [3.05, 3.63) is 24.3 Å². The maximum Gasteiger partial charge on any atom is 0.224 e. The number of ether oxygens (including phenoxy) is 1. The van der Waals surface area contributed by atoms with Crippen LogP contribution in [-0.4, -0.2) is 25.6 Å². The number of unbranched alkanes of at least 4 members (excludes halogenated alkanes) is 1. The fourth-order valence-corrected chi connectivity index (χ4v) is 2.53. The molecule has 1 unspecified atom stereocenters. The topological polar surface area (TPSA) is 50.4 Å². The molecule has 0 spiro atoms. The highest BCUT2D eigenvalue weighted by atomic mass is 35.5. The zero-order chi connectivity index (χ0) is 14.9. The monoisotopic (exact) mass is 326 g/mol. The highest BCUT2D eigenvalue weighted by Crippen LogP contribution is 2.24. The molecule has 1 aromatic carbocycles. The van der Waals surface area contributed by atoms with Gasteiger partial charge in [-0.15, -0.1) is 12.4 Å². The molecule has 1 aliphatic rings. The van der Waals surface area contributed by atoms with Crippen LogP contribution < -0.4 is 15.4 Å². The lowest BCUT2D eigenvalue weighted by atomic mass is 10.0. The van der Waals surface area contributed by atoms with E-state index in [0.29, 0.717) is 18.9 Å². The predicted molar refractivity (Wildman–Crippen MR) is 92.9 cm³/mol. The number of carbonyl (C=O) groups is 1. The van der Waals surface area contributed by atoms with Gasteiger partial charge in [-0.3, -0.25) is 4.79 Å². The normalized spacial score (nSPS) is 16.9. The second-order valence-corrected chi connectivity index (χ2v) is 5.64. The van der Waals surface area contributed by atoms with Crippen LogP contribution >= 0.6 is 12.4 Å². The maximum absolute atomic E-state index is 12.1. The van der Waals surface area contributed by atoms with Gasteiger partial charge >= 0.3 is 0 Å². The lowest BCUT2D eigenvalue weighted by molar-refractivity contribution is -0.116. The highest BCUT2D eigenvalue weighted by Gasteiger charge is 2.16. The van der Waals surface area contributed by atoms with Gasteiger partial charge in [-0.1, -0.05) is 25.5 Å². The Morgan fingerprint density at radius 2 is 2.23 bits per heavy atom. The smallest absolute Gasteiger partial charge is 0.224 e. The molecule has 4 nitrogen and oxygen atoms in total. The van der Waals surface area contributed by atoms with Gasteiger partial charge in [0.15, 0.2) is 0 Å². The van der Waals surface area contributed by atoms with Crippen molar-refractivity contribution in [2.75, 3.05) is 25.0 Å². The van der Waals surface area contributed by atoms with Crippen LogP contribution in [0.4, 0.5) is 5.69 Å². The summed E-state index contributed by atoms with van der Waals surface area (Å²) in [6.07, 6.45) is 4.85. The second kappa shape index (κ2) is 10.5. The number of rotatable bonds is 8. The van der Waals surface area contributed by atoms with E-state index in [-0.39, 0.29) is 18.3 Å². The average molecular weight is 327 g/mol. The summed E-state index contributed by atoms with van der Waals surface area (Å²) in [6, 6.07) is 7.66. The van der Waals surface area contributed by atoms with Crippen molar-refractivity contribution in [3.63, 3.8) is 0 Å². The summed E-state index contributed by atoms with van der Waals surface area (Å²) in [5.74, 6) is 1.49. The van der Waals surface area contributed by atoms with Crippen molar-refractivity contribution in [3.8, 4) is 5.75 Å². The minimum absolute atomic E-state index is 0. The summed E-state index contributed by atoms with van der Waals surface area (Å²) >= 11 is 0. The van der Waals surface area contributed by atoms with Crippen LogP contribution in [0, 0.1) is 5.92 Å². The Labute approximate surface area is 139 Å². The molecule has 5 heteroatoms. The van der Waals surface area contributed by atoms with Gasteiger partial charge in [0.1, 0.15) is 5.75 Å². The molecular formula is C17H27ClN2O2. The van der Waals surface area contributed by atoms with Gasteiger partial charge in [-0.25, -0.2) is 0 Å². The number of benzene rings is 1. The number of amides is 1. The second-order valence-electron chi connectivity index (χ2n) is 5.64. The van der Waals surface area contributed by atoms with Gasteiger partial charge in [0.25, 0.3) is 0 Å². The largest absolute Gasteiger partial charge is 0.491 e. The van der Waals surface area contributed by atoms with Crippen LogP contribution in [0.3, 0.4) is 0 Å². The molecule has 0 saturated carbocycles. The molecule has 1 aliphatic heterocycles. The Balaban J connectivity index is 0.00000242. The van der Waals surface area contributed by atoms with Gasteiger partial charge in [0.05, 0.1) is 12.3 Å². The molecular weight excluding hydrogens is 300 g/mol. The molecule has 1 atom stereocenters. The Kier molecular flexibility index (Phi) is 8.94. The van der Waals surface area contributed by atoms with Gasteiger partial charge in [0.2, 0.25) is 5.91 Å². The fourth-order valence-electron chi connectivity index (χ4n) is 2.53. The Bertz CT molecular complexity index is 448. The zero-order valence-corrected chi connectivity index (χ0v) is 14.1. The van der Waals surface area contributed by atoms with E-state index in [1.807, 2.05) is 24.3 Å². The Morgan fingerprint density at radius 1 is 1.41 bits per heavy atom. The number of halogens is 1. The molecule has 0 aliphatic carbocycles. The summed E-state index contributed by atoms with van der Waals surface area (Å²) in [4.78, 5) is 12.1. The minimum atomic E-state index is 0. The lowest BCUT2D eigenvalue weighted by Crippen LogP contribution is -2.15. The van der Waals surface area contributed by atoms with Crippen molar-refractivity contribution in [1.29, 1.82) is 0 Å². The van der Waals surface area contributed by atoms with Crippen LogP contribution in [-0.2, 0) is 4.79 Å². The van der Waals surface area contributed by atoms with Crippen molar-refractivity contribution in [1.82, 2.24) is 5.32 Å². The van der Waals surface area contributed by atoms with E-state index in [4.69, 9.17) is 4.74 Å². The molecule has 1 heterocycles. The molecule has 0 radical (unpaired) electrons. The first-order valence-electron chi connectivity index (χ1n) is 8.02. The van der Waals surface area contributed by atoms with E-state index in [2.05, 4.69) is 17.6 Å². The summed E-state index contributed by atoms with van der Waals surface area (Å²) < 4.78 is 5.73. The molecule has 124 valence electrons. The van der Waals surface area contributed by atoms with Crippen molar-refractivity contribution in [2.45, 2.75) is 39.0 Å². The quantitative estimate of drug-likeness (QED) is 0.717. The van der Waals surface area contributed by atoms with Crippen LogP contribution in [0.5, 0.6) is 5.75 Å².